The van der Waals surface area contributed by atoms with Gasteiger partial charge in [0, 0.05) is 27.9 Å². The van der Waals surface area contributed by atoms with E-state index in [1.807, 2.05) is 0 Å². The molecule has 15 heavy (non-hydrogen) atoms. The van der Waals surface area contributed by atoms with E-state index in [9.17, 15) is 9.90 Å². The van der Waals surface area contributed by atoms with E-state index in [4.69, 9.17) is 0 Å². The normalized spacial score (nSPS) is 10.8. The molecule has 4 heteroatoms. The van der Waals surface area contributed by atoms with E-state index in [0.29, 0.717) is 11.3 Å². The third-order valence-corrected chi connectivity index (χ3v) is 2.69. The summed E-state index contributed by atoms with van der Waals surface area (Å²) in [6, 6.07) is 4.94. The number of ketones is 1. The Balaban J connectivity index is 2.82. The first-order valence-corrected chi connectivity index (χ1v) is 5.22. The molecule has 2 N–H and O–H groups in total. The van der Waals surface area contributed by atoms with Crippen molar-refractivity contribution in [2.24, 2.45) is 0 Å². The summed E-state index contributed by atoms with van der Waals surface area (Å²) < 4.78 is 0. The summed E-state index contributed by atoms with van der Waals surface area (Å²) in [7, 11) is 0. The Morgan fingerprint density at radius 1 is 1.53 bits per heavy atom. The Labute approximate surface area is 92.5 Å². The molecule has 0 fully saturated rings. The molecule has 78 valence electrons. The monoisotopic (exact) mass is 221 g/mol. The van der Waals surface area contributed by atoms with E-state index in [1.54, 1.807) is 18.2 Å². The molecule has 2 rings (SSSR count). The number of aromatic amines is 1. The fourth-order valence-electron chi connectivity index (χ4n) is 1.76. The molecule has 0 amide bonds. The van der Waals surface area contributed by atoms with Crippen molar-refractivity contribution in [1.29, 1.82) is 0 Å². The van der Waals surface area contributed by atoms with Crippen LogP contribution in [-0.4, -0.2) is 15.9 Å². The van der Waals surface area contributed by atoms with Crippen molar-refractivity contribution < 1.29 is 9.90 Å². The van der Waals surface area contributed by atoms with Gasteiger partial charge in [-0.2, -0.15) is 12.6 Å². The van der Waals surface area contributed by atoms with Crippen LogP contribution in [0.2, 0.25) is 0 Å². The van der Waals surface area contributed by atoms with E-state index in [0.717, 1.165) is 16.6 Å². The zero-order chi connectivity index (χ0) is 11.0. The summed E-state index contributed by atoms with van der Waals surface area (Å²) in [5.74, 6) is 0.621. The fourth-order valence-corrected chi connectivity index (χ4v) is 1.99. The van der Waals surface area contributed by atoms with Gasteiger partial charge in [-0.25, -0.2) is 0 Å². The Bertz CT molecular complexity index is 531. The van der Waals surface area contributed by atoms with Crippen LogP contribution in [0.3, 0.4) is 0 Å². The molecular formula is C11H11NO2S. The fraction of sp³-hybridized carbons (Fsp3) is 0.182. The van der Waals surface area contributed by atoms with Gasteiger partial charge in [-0.1, -0.05) is 0 Å². The molecule has 0 radical (unpaired) electrons. The van der Waals surface area contributed by atoms with Gasteiger partial charge in [0.1, 0.15) is 5.75 Å². The van der Waals surface area contributed by atoms with Crippen LogP contribution in [0.5, 0.6) is 5.75 Å². The molecule has 0 aliphatic carbocycles. The van der Waals surface area contributed by atoms with Crippen molar-refractivity contribution in [3.05, 3.63) is 29.5 Å². The van der Waals surface area contributed by atoms with Crippen LogP contribution < -0.4 is 0 Å². The quantitative estimate of drug-likeness (QED) is 0.539. The molecule has 3 nitrogen and oxygen atoms in total. The lowest BCUT2D eigenvalue weighted by molar-refractivity contribution is 0.101. The van der Waals surface area contributed by atoms with Crippen molar-refractivity contribution in [2.75, 3.05) is 0 Å². The van der Waals surface area contributed by atoms with Crippen molar-refractivity contribution >= 4 is 29.3 Å². The number of benzene rings is 1. The summed E-state index contributed by atoms with van der Waals surface area (Å²) >= 11 is 4.16. The van der Waals surface area contributed by atoms with Crippen LogP contribution in [0, 0.1) is 0 Å². The Morgan fingerprint density at radius 2 is 2.27 bits per heavy atom. The van der Waals surface area contributed by atoms with Crippen molar-refractivity contribution in [1.82, 2.24) is 4.98 Å². The molecule has 0 saturated heterocycles. The molecule has 0 aliphatic heterocycles. The van der Waals surface area contributed by atoms with Gasteiger partial charge in [0.2, 0.25) is 0 Å². The van der Waals surface area contributed by atoms with E-state index < -0.39 is 0 Å². The van der Waals surface area contributed by atoms with E-state index >= 15 is 0 Å². The molecule has 0 bridgehead atoms. The molecule has 0 saturated carbocycles. The van der Waals surface area contributed by atoms with Gasteiger partial charge in [0.25, 0.3) is 0 Å². The zero-order valence-corrected chi connectivity index (χ0v) is 9.14. The summed E-state index contributed by atoms with van der Waals surface area (Å²) in [4.78, 5) is 14.6. The minimum Gasteiger partial charge on any atom is -0.508 e. The standard InChI is InChI=1S/C11H11NO2S/c1-6(13)11-8-4-7(14)2-3-9(8)12-10(11)5-15/h2-4,12,14-15H,5H2,1H3. The van der Waals surface area contributed by atoms with Crippen LogP contribution in [-0.2, 0) is 5.75 Å². The smallest absolute Gasteiger partial charge is 0.162 e. The average Bonchev–Trinajstić information content (AvgIpc) is 2.55. The molecule has 0 atom stereocenters. The largest absolute Gasteiger partial charge is 0.508 e. The van der Waals surface area contributed by atoms with Gasteiger partial charge >= 0.3 is 0 Å². The molecule has 0 unspecified atom stereocenters. The number of hydrogen-bond acceptors (Lipinski definition) is 3. The highest BCUT2D eigenvalue weighted by molar-refractivity contribution is 7.79. The molecule has 0 aliphatic rings. The summed E-state index contributed by atoms with van der Waals surface area (Å²) in [6.07, 6.45) is 0. The SMILES string of the molecule is CC(=O)c1c(CS)[nH]c2ccc(O)cc12. The Kier molecular flexibility index (Phi) is 2.44. The predicted octanol–water partition coefficient (Wildman–Crippen LogP) is 2.51. The maximum atomic E-state index is 11.5. The zero-order valence-electron chi connectivity index (χ0n) is 8.24. The van der Waals surface area contributed by atoms with E-state index in [2.05, 4.69) is 17.6 Å². The lowest BCUT2D eigenvalue weighted by atomic mass is 10.1. The number of carbonyl (C=O) groups is 1. The second-order valence-electron chi connectivity index (χ2n) is 3.42. The first-order chi connectivity index (χ1) is 7.13. The van der Waals surface area contributed by atoms with Crippen molar-refractivity contribution in [2.45, 2.75) is 12.7 Å². The van der Waals surface area contributed by atoms with Crippen LogP contribution in [0.25, 0.3) is 10.9 Å². The minimum absolute atomic E-state index is 0.0177. The maximum absolute atomic E-state index is 11.5. The third-order valence-electron chi connectivity index (χ3n) is 2.37. The predicted molar refractivity (Wildman–Crippen MR) is 62.7 cm³/mol. The van der Waals surface area contributed by atoms with Gasteiger partial charge in [0.05, 0.1) is 0 Å². The second-order valence-corrected chi connectivity index (χ2v) is 3.74. The maximum Gasteiger partial charge on any atom is 0.162 e. The number of aromatic hydroxyl groups is 1. The van der Waals surface area contributed by atoms with Gasteiger partial charge < -0.3 is 10.1 Å². The van der Waals surface area contributed by atoms with Gasteiger partial charge in [-0.05, 0) is 25.1 Å². The first-order valence-electron chi connectivity index (χ1n) is 4.59. The molecular weight excluding hydrogens is 210 g/mol. The highest BCUT2D eigenvalue weighted by atomic mass is 32.1. The second kappa shape index (κ2) is 3.62. The molecule has 0 spiro atoms. The van der Waals surface area contributed by atoms with Crippen LogP contribution >= 0.6 is 12.6 Å². The minimum atomic E-state index is -0.0177. The topological polar surface area (TPSA) is 53.1 Å². The summed E-state index contributed by atoms with van der Waals surface area (Å²) in [6.45, 7) is 1.51. The number of thiol groups is 1. The number of rotatable bonds is 2. The van der Waals surface area contributed by atoms with Crippen LogP contribution in [0.15, 0.2) is 18.2 Å². The van der Waals surface area contributed by atoms with Crippen LogP contribution in [0.4, 0.5) is 0 Å². The van der Waals surface area contributed by atoms with E-state index in [1.165, 1.54) is 6.92 Å². The van der Waals surface area contributed by atoms with E-state index in [-0.39, 0.29) is 11.5 Å². The number of Topliss-reactive ketones (excluding diaryl/α,β-unsaturated/α-hetero) is 1. The summed E-state index contributed by atoms with van der Waals surface area (Å²) in [5.41, 5.74) is 2.27. The number of phenols is 1. The van der Waals surface area contributed by atoms with Crippen molar-refractivity contribution in [3.8, 4) is 5.75 Å². The van der Waals surface area contributed by atoms with Gasteiger partial charge in [0.15, 0.2) is 5.78 Å². The summed E-state index contributed by atoms with van der Waals surface area (Å²) in [5, 5.41) is 10.1. The van der Waals surface area contributed by atoms with Gasteiger partial charge in [-0.3, -0.25) is 4.79 Å². The number of carbonyl (C=O) groups excluding carboxylic acids is 1. The number of phenolic OH excluding ortho intramolecular Hbond substituents is 1. The Morgan fingerprint density at radius 3 is 2.87 bits per heavy atom. The van der Waals surface area contributed by atoms with Gasteiger partial charge in [-0.15, -0.1) is 0 Å². The number of H-pyrrole nitrogens is 1. The molecule has 1 aromatic carbocycles. The molecule has 1 heterocycles. The molecule has 2 aromatic rings. The van der Waals surface area contributed by atoms with Crippen LogP contribution in [0.1, 0.15) is 23.0 Å². The average molecular weight is 221 g/mol. The third kappa shape index (κ3) is 1.61. The highest BCUT2D eigenvalue weighted by Crippen LogP contribution is 2.27. The molecule has 1 aromatic heterocycles. The Hall–Kier alpha value is -1.42. The number of fused-ring (bicyclic) bond motifs is 1. The number of hydrogen-bond donors (Lipinski definition) is 3. The lowest BCUT2D eigenvalue weighted by Gasteiger charge is -1.96. The van der Waals surface area contributed by atoms with Crippen molar-refractivity contribution in [3.63, 3.8) is 0 Å². The highest BCUT2D eigenvalue weighted by Gasteiger charge is 2.14. The number of nitrogens with one attached hydrogen (secondary N) is 1. The number of aromatic nitrogens is 1. The first kappa shape index (κ1) is 10.1. The lowest BCUT2D eigenvalue weighted by Crippen LogP contribution is -1.94.